The molecule has 1 aliphatic heterocycles. The Bertz CT molecular complexity index is 794. The first-order valence-corrected chi connectivity index (χ1v) is 8.54. The SMILES string of the molecule is CCCn1nc(C(=O)N[C@H](C)[C@H]2CCCO2)c2ccccc2c1=O. The average Bonchev–Trinajstić information content (AvgIpc) is 3.12. The van der Waals surface area contributed by atoms with Gasteiger partial charge in [0.1, 0.15) is 0 Å². The molecule has 2 atom stereocenters. The van der Waals surface area contributed by atoms with Crippen molar-refractivity contribution >= 4 is 16.7 Å². The van der Waals surface area contributed by atoms with Gasteiger partial charge in [-0.3, -0.25) is 9.59 Å². The molecule has 2 heterocycles. The molecule has 0 spiro atoms. The van der Waals surface area contributed by atoms with Crippen molar-refractivity contribution in [3.05, 3.63) is 40.3 Å². The van der Waals surface area contributed by atoms with Crippen molar-refractivity contribution in [2.24, 2.45) is 0 Å². The Morgan fingerprint density at radius 3 is 2.83 bits per heavy atom. The van der Waals surface area contributed by atoms with E-state index in [1.54, 1.807) is 18.2 Å². The number of aryl methyl sites for hydroxylation is 1. The van der Waals surface area contributed by atoms with E-state index in [1.165, 1.54) is 4.68 Å². The third-order valence-corrected chi connectivity index (χ3v) is 4.40. The van der Waals surface area contributed by atoms with Gasteiger partial charge in [-0.2, -0.15) is 5.10 Å². The summed E-state index contributed by atoms with van der Waals surface area (Å²) in [6.07, 6.45) is 2.79. The number of nitrogens with one attached hydrogen (secondary N) is 1. The van der Waals surface area contributed by atoms with E-state index in [0.717, 1.165) is 25.9 Å². The fraction of sp³-hybridized carbons (Fsp3) is 0.500. The molecule has 0 unspecified atom stereocenters. The predicted molar refractivity (Wildman–Crippen MR) is 92.2 cm³/mol. The van der Waals surface area contributed by atoms with Crippen LogP contribution in [-0.2, 0) is 11.3 Å². The van der Waals surface area contributed by atoms with Crippen LogP contribution < -0.4 is 10.9 Å². The van der Waals surface area contributed by atoms with Gasteiger partial charge in [0, 0.05) is 18.5 Å². The van der Waals surface area contributed by atoms with Gasteiger partial charge in [-0.25, -0.2) is 4.68 Å². The molecule has 128 valence electrons. The number of carbonyl (C=O) groups excluding carboxylic acids is 1. The Hall–Kier alpha value is -2.21. The van der Waals surface area contributed by atoms with E-state index in [4.69, 9.17) is 4.74 Å². The summed E-state index contributed by atoms with van der Waals surface area (Å²) in [5.74, 6) is -0.265. The summed E-state index contributed by atoms with van der Waals surface area (Å²) in [4.78, 5) is 25.2. The molecule has 1 aromatic heterocycles. The van der Waals surface area contributed by atoms with Crippen molar-refractivity contribution in [1.82, 2.24) is 15.1 Å². The number of carbonyl (C=O) groups is 1. The van der Waals surface area contributed by atoms with E-state index in [-0.39, 0.29) is 23.6 Å². The Labute approximate surface area is 140 Å². The summed E-state index contributed by atoms with van der Waals surface area (Å²) < 4.78 is 7.01. The van der Waals surface area contributed by atoms with Crippen LogP contribution in [0.25, 0.3) is 10.8 Å². The van der Waals surface area contributed by atoms with Crippen LogP contribution in [0.5, 0.6) is 0 Å². The fourth-order valence-corrected chi connectivity index (χ4v) is 3.13. The zero-order chi connectivity index (χ0) is 17.1. The number of amides is 1. The van der Waals surface area contributed by atoms with Crippen LogP contribution in [-0.4, -0.2) is 34.4 Å². The van der Waals surface area contributed by atoms with Crippen LogP contribution in [0.1, 0.15) is 43.6 Å². The first kappa shape index (κ1) is 16.6. The largest absolute Gasteiger partial charge is 0.376 e. The molecule has 1 aromatic carbocycles. The first-order valence-electron chi connectivity index (χ1n) is 8.54. The van der Waals surface area contributed by atoms with Crippen LogP contribution in [0.2, 0.25) is 0 Å². The average molecular weight is 329 g/mol. The van der Waals surface area contributed by atoms with E-state index < -0.39 is 0 Å². The minimum atomic E-state index is -0.265. The molecule has 1 saturated heterocycles. The number of fused-ring (bicyclic) bond motifs is 1. The first-order chi connectivity index (χ1) is 11.6. The van der Waals surface area contributed by atoms with Gasteiger partial charge in [0.2, 0.25) is 0 Å². The van der Waals surface area contributed by atoms with Crippen molar-refractivity contribution < 1.29 is 9.53 Å². The summed E-state index contributed by atoms with van der Waals surface area (Å²) in [5, 5.41) is 8.41. The van der Waals surface area contributed by atoms with Gasteiger partial charge in [-0.15, -0.1) is 0 Å². The number of benzene rings is 1. The molecule has 0 aliphatic carbocycles. The van der Waals surface area contributed by atoms with Gasteiger partial charge >= 0.3 is 0 Å². The molecular formula is C18H23N3O3. The molecule has 2 aromatic rings. The molecule has 24 heavy (non-hydrogen) atoms. The van der Waals surface area contributed by atoms with Crippen LogP contribution in [0, 0.1) is 0 Å². The van der Waals surface area contributed by atoms with Gasteiger partial charge in [0.25, 0.3) is 11.5 Å². The highest BCUT2D eigenvalue weighted by molar-refractivity contribution is 6.04. The summed E-state index contributed by atoms with van der Waals surface area (Å²) >= 11 is 0. The maximum atomic E-state index is 12.7. The summed E-state index contributed by atoms with van der Waals surface area (Å²) in [6, 6.07) is 7.04. The van der Waals surface area contributed by atoms with Crippen LogP contribution >= 0.6 is 0 Å². The second-order valence-electron chi connectivity index (χ2n) is 6.24. The van der Waals surface area contributed by atoms with Gasteiger partial charge in [0.05, 0.1) is 17.5 Å². The van der Waals surface area contributed by atoms with E-state index in [0.29, 0.717) is 23.0 Å². The molecule has 0 saturated carbocycles. The second-order valence-corrected chi connectivity index (χ2v) is 6.24. The standard InChI is InChI=1S/C18H23N3O3/c1-3-10-21-18(23)14-8-5-4-7-13(14)16(20-21)17(22)19-12(2)15-9-6-11-24-15/h4-5,7-8,12,15H,3,6,9-11H2,1-2H3,(H,19,22)/t12-,15-/m1/s1. The van der Waals surface area contributed by atoms with Crippen LogP contribution in [0.4, 0.5) is 0 Å². The van der Waals surface area contributed by atoms with E-state index >= 15 is 0 Å². The predicted octanol–water partition coefficient (Wildman–Crippen LogP) is 2.10. The number of ether oxygens (including phenoxy) is 1. The summed E-state index contributed by atoms with van der Waals surface area (Å²) in [7, 11) is 0. The molecule has 1 aliphatic rings. The van der Waals surface area contributed by atoms with Crippen molar-refractivity contribution in [3.63, 3.8) is 0 Å². The van der Waals surface area contributed by atoms with Crippen molar-refractivity contribution in [1.29, 1.82) is 0 Å². The topological polar surface area (TPSA) is 73.2 Å². The van der Waals surface area contributed by atoms with E-state index in [9.17, 15) is 9.59 Å². The maximum Gasteiger partial charge on any atom is 0.274 e. The highest BCUT2D eigenvalue weighted by Gasteiger charge is 2.25. The molecule has 6 nitrogen and oxygen atoms in total. The zero-order valence-electron chi connectivity index (χ0n) is 14.1. The van der Waals surface area contributed by atoms with E-state index in [2.05, 4.69) is 10.4 Å². The highest BCUT2D eigenvalue weighted by atomic mass is 16.5. The highest BCUT2D eigenvalue weighted by Crippen LogP contribution is 2.17. The maximum absolute atomic E-state index is 12.7. The molecule has 0 bridgehead atoms. The lowest BCUT2D eigenvalue weighted by molar-refractivity contribution is 0.0709. The normalized spacial score (nSPS) is 18.7. The van der Waals surface area contributed by atoms with Gasteiger partial charge < -0.3 is 10.1 Å². The van der Waals surface area contributed by atoms with Crippen molar-refractivity contribution in [2.75, 3.05) is 6.61 Å². The second kappa shape index (κ2) is 7.13. The molecule has 1 fully saturated rings. The van der Waals surface area contributed by atoms with Crippen LogP contribution in [0.15, 0.2) is 29.1 Å². The molecule has 6 heteroatoms. The number of aromatic nitrogens is 2. The lowest BCUT2D eigenvalue weighted by Crippen LogP contribution is -2.42. The summed E-state index contributed by atoms with van der Waals surface area (Å²) in [6.45, 7) is 5.15. The summed E-state index contributed by atoms with van der Waals surface area (Å²) in [5.41, 5.74) is 0.139. The Balaban J connectivity index is 1.96. The lowest BCUT2D eigenvalue weighted by Gasteiger charge is -2.20. The molecule has 1 amide bonds. The number of nitrogens with zero attached hydrogens (tertiary/aromatic N) is 2. The zero-order valence-corrected chi connectivity index (χ0v) is 14.1. The Morgan fingerprint density at radius 2 is 2.17 bits per heavy atom. The monoisotopic (exact) mass is 329 g/mol. The minimum absolute atomic E-state index is 0.0433. The molecular weight excluding hydrogens is 306 g/mol. The molecule has 0 radical (unpaired) electrons. The third kappa shape index (κ3) is 3.19. The Kier molecular flexibility index (Phi) is 4.94. The van der Waals surface area contributed by atoms with Gasteiger partial charge in [-0.05, 0) is 32.3 Å². The van der Waals surface area contributed by atoms with E-state index in [1.807, 2.05) is 19.9 Å². The molecule has 1 N–H and O–H groups in total. The molecule has 3 rings (SSSR count). The van der Waals surface area contributed by atoms with Gasteiger partial charge in [0.15, 0.2) is 5.69 Å². The van der Waals surface area contributed by atoms with Crippen molar-refractivity contribution in [2.45, 2.75) is 51.8 Å². The Morgan fingerprint density at radius 1 is 1.42 bits per heavy atom. The quantitative estimate of drug-likeness (QED) is 0.912. The van der Waals surface area contributed by atoms with Crippen LogP contribution in [0.3, 0.4) is 0 Å². The lowest BCUT2D eigenvalue weighted by atomic mass is 10.1. The minimum Gasteiger partial charge on any atom is -0.376 e. The van der Waals surface area contributed by atoms with Crippen molar-refractivity contribution in [3.8, 4) is 0 Å². The third-order valence-electron chi connectivity index (χ3n) is 4.40. The smallest absolute Gasteiger partial charge is 0.274 e. The number of rotatable bonds is 5. The van der Waals surface area contributed by atoms with Gasteiger partial charge in [-0.1, -0.05) is 25.1 Å². The fourth-order valence-electron chi connectivity index (χ4n) is 3.13. The number of hydrogen-bond acceptors (Lipinski definition) is 4. The number of hydrogen-bond donors (Lipinski definition) is 1.